The van der Waals surface area contributed by atoms with E-state index in [9.17, 15) is 4.39 Å². The van der Waals surface area contributed by atoms with Crippen LogP contribution in [0.4, 0.5) is 10.1 Å². The molecule has 4 heteroatoms. The van der Waals surface area contributed by atoms with Crippen LogP contribution in [0.25, 0.3) is 0 Å². The molecule has 0 aliphatic rings. The van der Waals surface area contributed by atoms with Gasteiger partial charge in [0.25, 0.3) is 0 Å². The molecule has 3 nitrogen and oxygen atoms in total. The number of rotatable bonds is 5. The first-order valence-corrected chi connectivity index (χ1v) is 4.95. The number of hydrogen-bond donors (Lipinski definition) is 1. The van der Waals surface area contributed by atoms with E-state index in [-0.39, 0.29) is 5.82 Å². The van der Waals surface area contributed by atoms with Crippen LogP contribution in [-0.2, 0) is 0 Å². The highest BCUT2D eigenvalue weighted by Gasteiger charge is 2.05. The fraction of sp³-hybridized carbons (Fsp3) is 0.455. The lowest BCUT2D eigenvalue weighted by Crippen LogP contribution is -2.11. The molecule has 0 aliphatic heterocycles. The first-order chi connectivity index (χ1) is 7.15. The number of benzene rings is 1. The molecule has 1 rings (SSSR count). The fourth-order valence-electron chi connectivity index (χ4n) is 1.21. The standard InChI is InChI=1S/C11H17FN2O/c1-14(2)11-5-4-9(8-10(11)12)15-7-3-6-13/h4-5,8H,3,6-7,13H2,1-2H3. The van der Waals surface area contributed by atoms with Crippen molar-refractivity contribution in [1.82, 2.24) is 0 Å². The van der Waals surface area contributed by atoms with Crippen LogP contribution in [-0.4, -0.2) is 27.2 Å². The van der Waals surface area contributed by atoms with E-state index in [1.807, 2.05) is 0 Å². The van der Waals surface area contributed by atoms with Crippen molar-refractivity contribution in [1.29, 1.82) is 0 Å². The Hall–Kier alpha value is -1.29. The highest BCUT2D eigenvalue weighted by Crippen LogP contribution is 2.22. The van der Waals surface area contributed by atoms with Crippen molar-refractivity contribution in [2.75, 3.05) is 32.1 Å². The van der Waals surface area contributed by atoms with E-state index in [2.05, 4.69) is 0 Å². The minimum Gasteiger partial charge on any atom is -0.493 e. The summed E-state index contributed by atoms with van der Waals surface area (Å²) >= 11 is 0. The van der Waals surface area contributed by atoms with Gasteiger partial charge >= 0.3 is 0 Å². The Balaban J connectivity index is 2.65. The average Bonchev–Trinajstić information content (AvgIpc) is 2.17. The third-order valence-electron chi connectivity index (χ3n) is 2.02. The Morgan fingerprint density at radius 1 is 1.40 bits per heavy atom. The minimum absolute atomic E-state index is 0.273. The molecule has 0 aliphatic carbocycles. The highest BCUT2D eigenvalue weighted by atomic mass is 19.1. The Morgan fingerprint density at radius 3 is 2.67 bits per heavy atom. The third kappa shape index (κ3) is 3.40. The summed E-state index contributed by atoms with van der Waals surface area (Å²) in [5.41, 5.74) is 5.88. The maximum absolute atomic E-state index is 13.5. The number of nitrogens with zero attached hydrogens (tertiary/aromatic N) is 1. The Bertz CT molecular complexity index is 315. The van der Waals surface area contributed by atoms with Crippen molar-refractivity contribution in [3.63, 3.8) is 0 Å². The Kier molecular flexibility index (Phi) is 4.37. The van der Waals surface area contributed by atoms with Crippen LogP contribution in [0.2, 0.25) is 0 Å². The molecule has 0 spiro atoms. The molecule has 0 unspecified atom stereocenters. The molecule has 1 aromatic carbocycles. The molecule has 84 valence electrons. The molecule has 0 aromatic heterocycles. The molecule has 0 bridgehead atoms. The van der Waals surface area contributed by atoms with Gasteiger partial charge in [-0.15, -0.1) is 0 Å². The summed E-state index contributed by atoms with van der Waals surface area (Å²) in [4.78, 5) is 1.72. The predicted molar refractivity (Wildman–Crippen MR) is 59.9 cm³/mol. The first-order valence-electron chi connectivity index (χ1n) is 4.95. The maximum atomic E-state index is 13.5. The molecule has 1 aromatic rings. The smallest absolute Gasteiger partial charge is 0.150 e. The van der Waals surface area contributed by atoms with Crippen molar-refractivity contribution in [3.8, 4) is 5.75 Å². The molecule has 0 radical (unpaired) electrons. The normalized spacial score (nSPS) is 10.1. The van der Waals surface area contributed by atoms with E-state index < -0.39 is 0 Å². The first kappa shape index (κ1) is 11.8. The number of nitrogens with two attached hydrogens (primary N) is 1. The molecule has 0 atom stereocenters. The lowest BCUT2D eigenvalue weighted by molar-refractivity contribution is 0.312. The number of halogens is 1. The van der Waals surface area contributed by atoms with E-state index in [0.717, 1.165) is 6.42 Å². The number of ether oxygens (including phenoxy) is 1. The number of anilines is 1. The van der Waals surface area contributed by atoms with Gasteiger partial charge in [-0.1, -0.05) is 0 Å². The molecule has 0 saturated carbocycles. The molecule has 0 amide bonds. The van der Waals surface area contributed by atoms with Gasteiger partial charge in [-0.05, 0) is 25.1 Å². The SMILES string of the molecule is CN(C)c1ccc(OCCCN)cc1F. The summed E-state index contributed by atoms with van der Waals surface area (Å²) in [6.45, 7) is 1.11. The molecular weight excluding hydrogens is 195 g/mol. The van der Waals surface area contributed by atoms with Gasteiger partial charge < -0.3 is 15.4 Å². The molecular formula is C11H17FN2O. The summed E-state index contributed by atoms with van der Waals surface area (Å²) in [5.74, 6) is 0.275. The second-order valence-corrected chi connectivity index (χ2v) is 3.50. The molecule has 2 N–H and O–H groups in total. The van der Waals surface area contributed by atoms with Crippen LogP contribution in [0.1, 0.15) is 6.42 Å². The molecule has 15 heavy (non-hydrogen) atoms. The van der Waals surface area contributed by atoms with E-state index in [1.54, 1.807) is 31.1 Å². The van der Waals surface area contributed by atoms with Gasteiger partial charge in [0.15, 0.2) is 0 Å². The van der Waals surface area contributed by atoms with E-state index >= 15 is 0 Å². The molecule has 0 fully saturated rings. The van der Waals surface area contributed by atoms with Gasteiger partial charge in [0.2, 0.25) is 0 Å². The Morgan fingerprint density at radius 2 is 2.13 bits per heavy atom. The second-order valence-electron chi connectivity index (χ2n) is 3.50. The van der Waals surface area contributed by atoms with Gasteiger partial charge in [0.05, 0.1) is 12.3 Å². The third-order valence-corrected chi connectivity index (χ3v) is 2.02. The van der Waals surface area contributed by atoms with Crippen LogP contribution in [0.5, 0.6) is 5.75 Å². The van der Waals surface area contributed by atoms with Gasteiger partial charge in [0, 0.05) is 20.2 Å². The zero-order chi connectivity index (χ0) is 11.3. The molecule has 0 heterocycles. The topological polar surface area (TPSA) is 38.5 Å². The average molecular weight is 212 g/mol. The monoisotopic (exact) mass is 212 g/mol. The summed E-state index contributed by atoms with van der Waals surface area (Å²) in [5, 5.41) is 0. The quantitative estimate of drug-likeness (QED) is 0.754. The van der Waals surface area contributed by atoms with Gasteiger partial charge in [-0.3, -0.25) is 0 Å². The van der Waals surface area contributed by atoms with Crippen LogP contribution in [0.3, 0.4) is 0 Å². The van der Waals surface area contributed by atoms with E-state index in [0.29, 0.717) is 24.6 Å². The van der Waals surface area contributed by atoms with Crippen LogP contribution in [0.15, 0.2) is 18.2 Å². The minimum atomic E-state index is -0.273. The van der Waals surface area contributed by atoms with Crippen LogP contribution < -0.4 is 15.4 Å². The fourth-order valence-corrected chi connectivity index (χ4v) is 1.21. The van der Waals surface area contributed by atoms with Crippen molar-refractivity contribution >= 4 is 5.69 Å². The molecule has 0 saturated heterocycles. The van der Waals surface area contributed by atoms with E-state index in [4.69, 9.17) is 10.5 Å². The summed E-state index contributed by atoms with van der Waals surface area (Å²) in [6, 6.07) is 4.86. The largest absolute Gasteiger partial charge is 0.493 e. The van der Waals surface area contributed by atoms with Gasteiger partial charge in [-0.25, -0.2) is 4.39 Å². The maximum Gasteiger partial charge on any atom is 0.150 e. The van der Waals surface area contributed by atoms with Gasteiger partial charge in [0.1, 0.15) is 11.6 Å². The zero-order valence-electron chi connectivity index (χ0n) is 9.16. The van der Waals surface area contributed by atoms with E-state index in [1.165, 1.54) is 6.07 Å². The Labute approximate surface area is 89.6 Å². The lowest BCUT2D eigenvalue weighted by atomic mass is 10.2. The van der Waals surface area contributed by atoms with Crippen LogP contribution >= 0.6 is 0 Å². The zero-order valence-corrected chi connectivity index (χ0v) is 9.16. The van der Waals surface area contributed by atoms with Crippen molar-refractivity contribution in [2.45, 2.75) is 6.42 Å². The van der Waals surface area contributed by atoms with Crippen molar-refractivity contribution in [2.24, 2.45) is 5.73 Å². The lowest BCUT2D eigenvalue weighted by Gasteiger charge is -2.14. The van der Waals surface area contributed by atoms with Gasteiger partial charge in [-0.2, -0.15) is 0 Å². The summed E-state index contributed by atoms with van der Waals surface area (Å²) in [7, 11) is 3.60. The van der Waals surface area contributed by atoms with Crippen LogP contribution in [0, 0.1) is 5.82 Å². The highest BCUT2D eigenvalue weighted by molar-refractivity contribution is 5.49. The predicted octanol–water partition coefficient (Wildman–Crippen LogP) is 1.62. The van der Waals surface area contributed by atoms with Crippen molar-refractivity contribution in [3.05, 3.63) is 24.0 Å². The number of hydrogen-bond acceptors (Lipinski definition) is 3. The summed E-state index contributed by atoms with van der Waals surface area (Å²) in [6.07, 6.45) is 0.775. The second kappa shape index (κ2) is 5.56. The van der Waals surface area contributed by atoms with Crippen molar-refractivity contribution < 1.29 is 9.13 Å². The summed E-state index contributed by atoms with van der Waals surface area (Å²) < 4.78 is 18.8.